The van der Waals surface area contributed by atoms with Gasteiger partial charge in [0.2, 0.25) is 10.0 Å². The summed E-state index contributed by atoms with van der Waals surface area (Å²) in [6.45, 7) is 0. The molecule has 0 bridgehead atoms. The van der Waals surface area contributed by atoms with Crippen LogP contribution < -0.4 is 10.5 Å². The summed E-state index contributed by atoms with van der Waals surface area (Å²) < 4.78 is 21.9. The van der Waals surface area contributed by atoms with Gasteiger partial charge in [-0.1, -0.05) is 0 Å². The van der Waals surface area contributed by atoms with Crippen LogP contribution in [0.1, 0.15) is 23.3 Å². The third-order valence-electron chi connectivity index (χ3n) is 2.14. The number of amides is 1. The standard InChI is InChI=1S/C8H11N3O3S/c9-15(13,14)6-3-7(10-4-6)8(12)11-5-1-2-5/h3-5,10H,1-2H2,(H,11,12)(H2,9,13,14). The average Bonchev–Trinajstić information content (AvgIpc) is 2.80. The lowest BCUT2D eigenvalue weighted by atomic mass is 10.4. The number of aromatic amines is 1. The molecule has 1 aliphatic rings. The molecule has 1 aromatic heterocycles. The molecule has 1 fully saturated rings. The Labute approximate surface area is 86.9 Å². The van der Waals surface area contributed by atoms with Crippen molar-refractivity contribution in [3.05, 3.63) is 18.0 Å². The van der Waals surface area contributed by atoms with E-state index in [1.54, 1.807) is 0 Å². The highest BCUT2D eigenvalue weighted by molar-refractivity contribution is 7.89. The lowest BCUT2D eigenvalue weighted by Crippen LogP contribution is -2.25. The normalized spacial score (nSPS) is 16.3. The summed E-state index contributed by atoms with van der Waals surface area (Å²) in [6, 6.07) is 1.46. The second-order valence-corrected chi connectivity index (χ2v) is 5.10. The van der Waals surface area contributed by atoms with Crippen molar-refractivity contribution in [2.75, 3.05) is 0 Å². The van der Waals surface area contributed by atoms with Crippen molar-refractivity contribution < 1.29 is 13.2 Å². The van der Waals surface area contributed by atoms with Gasteiger partial charge in [-0.05, 0) is 18.9 Å². The van der Waals surface area contributed by atoms with Crippen LogP contribution in [-0.2, 0) is 10.0 Å². The van der Waals surface area contributed by atoms with Crippen molar-refractivity contribution in [2.45, 2.75) is 23.8 Å². The summed E-state index contributed by atoms with van der Waals surface area (Å²) >= 11 is 0. The van der Waals surface area contributed by atoms with Gasteiger partial charge in [-0.2, -0.15) is 0 Å². The Morgan fingerprint density at radius 1 is 1.53 bits per heavy atom. The van der Waals surface area contributed by atoms with Crippen LogP contribution in [0.2, 0.25) is 0 Å². The summed E-state index contributed by atoms with van der Waals surface area (Å²) in [5, 5.41) is 7.63. The first-order chi connectivity index (χ1) is 6.97. The Morgan fingerprint density at radius 3 is 2.67 bits per heavy atom. The van der Waals surface area contributed by atoms with Gasteiger partial charge in [0.05, 0.1) is 4.90 Å². The Morgan fingerprint density at radius 2 is 2.20 bits per heavy atom. The Kier molecular flexibility index (Phi) is 2.28. The molecule has 0 aromatic carbocycles. The van der Waals surface area contributed by atoms with Gasteiger partial charge in [0.15, 0.2) is 0 Å². The van der Waals surface area contributed by atoms with E-state index in [9.17, 15) is 13.2 Å². The fourth-order valence-corrected chi connectivity index (χ4v) is 1.67. The zero-order valence-corrected chi connectivity index (χ0v) is 8.67. The maximum absolute atomic E-state index is 11.5. The molecule has 15 heavy (non-hydrogen) atoms. The molecule has 82 valence electrons. The molecule has 2 rings (SSSR count). The van der Waals surface area contributed by atoms with E-state index in [2.05, 4.69) is 10.3 Å². The first kappa shape index (κ1) is 10.2. The number of carbonyl (C=O) groups excluding carboxylic acids is 1. The topological polar surface area (TPSA) is 105 Å². The van der Waals surface area contributed by atoms with E-state index >= 15 is 0 Å². The summed E-state index contributed by atoms with van der Waals surface area (Å²) in [5.41, 5.74) is 0.214. The fraction of sp³-hybridized carbons (Fsp3) is 0.375. The van der Waals surface area contributed by atoms with Crippen molar-refractivity contribution in [3.63, 3.8) is 0 Å². The third kappa shape index (κ3) is 2.37. The molecule has 6 nitrogen and oxygen atoms in total. The molecule has 1 aliphatic carbocycles. The predicted molar refractivity (Wildman–Crippen MR) is 52.7 cm³/mol. The first-order valence-electron chi connectivity index (χ1n) is 4.49. The molecule has 1 aromatic rings. The molecule has 0 atom stereocenters. The van der Waals surface area contributed by atoms with E-state index in [0.717, 1.165) is 12.8 Å². The van der Waals surface area contributed by atoms with Crippen molar-refractivity contribution in [3.8, 4) is 0 Å². The maximum Gasteiger partial charge on any atom is 0.267 e. The van der Waals surface area contributed by atoms with Crippen LogP contribution in [0.3, 0.4) is 0 Å². The number of hydrogen-bond acceptors (Lipinski definition) is 3. The van der Waals surface area contributed by atoms with Crippen molar-refractivity contribution >= 4 is 15.9 Å². The minimum Gasteiger partial charge on any atom is -0.356 e. The Bertz CT molecular complexity index is 487. The van der Waals surface area contributed by atoms with Crippen molar-refractivity contribution in [1.29, 1.82) is 0 Å². The molecule has 0 radical (unpaired) electrons. The predicted octanol–water partition coefficient (Wildman–Crippen LogP) is -0.446. The Hall–Kier alpha value is -1.34. The van der Waals surface area contributed by atoms with E-state index in [0.29, 0.717) is 0 Å². The first-order valence-corrected chi connectivity index (χ1v) is 6.03. The van der Waals surface area contributed by atoms with Gasteiger partial charge in [-0.3, -0.25) is 4.79 Å². The van der Waals surface area contributed by atoms with Crippen LogP contribution in [0.15, 0.2) is 17.2 Å². The zero-order chi connectivity index (χ0) is 11.1. The van der Waals surface area contributed by atoms with Crippen LogP contribution in [0.5, 0.6) is 0 Å². The van der Waals surface area contributed by atoms with Crippen molar-refractivity contribution in [2.24, 2.45) is 5.14 Å². The third-order valence-corrected chi connectivity index (χ3v) is 3.04. The minimum absolute atomic E-state index is 0.0801. The molecule has 0 aliphatic heterocycles. The largest absolute Gasteiger partial charge is 0.356 e. The SMILES string of the molecule is NS(=O)(=O)c1c[nH]c(C(=O)NC2CC2)c1. The van der Waals surface area contributed by atoms with Crippen LogP contribution in [0.25, 0.3) is 0 Å². The molecule has 1 saturated carbocycles. The number of nitrogens with two attached hydrogens (primary N) is 1. The highest BCUT2D eigenvalue weighted by Gasteiger charge is 2.24. The zero-order valence-electron chi connectivity index (χ0n) is 7.86. The lowest BCUT2D eigenvalue weighted by molar-refractivity contribution is 0.0946. The van der Waals surface area contributed by atoms with Gasteiger partial charge in [0.1, 0.15) is 5.69 Å². The molecule has 1 amide bonds. The molecule has 0 spiro atoms. The second kappa shape index (κ2) is 3.35. The van der Waals surface area contributed by atoms with Gasteiger partial charge in [0.25, 0.3) is 5.91 Å². The minimum atomic E-state index is -3.74. The average molecular weight is 229 g/mol. The summed E-state index contributed by atoms with van der Waals surface area (Å²) in [5.74, 6) is -0.299. The quantitative estimate of drug-likeness (QED) is 0.654. The van der Waals surface area contributed by atoms with Crippen LogP contribution in [-0.4, -0.2) is 25.4 Å². The number of sulfonamides is 1. The van der Waals surface area contributed by atoms with Gasteiger partial charge < -0.3 is 10.3 Å². The Balaban J connectivity index is 2.15. The molecule has 0 unspecified atom stereocenters. The van der Waals surface area contributed by atoms with E-state index in [-0.39, 0.29) is 22.5 Å². The summed E-state index contributed by atoms with van der Waals surface area (Å²) in [6.07, 6.45) is 3.17. The van der Waals surface area contributed by atoms with Crippen molar-refractivity contribution in [1.82, 2.24) is 10.3 Å². The highest BCUT2D eigenvalue weighted by Crippen LogP contribution is 2.19. The van der Waals surface area contributed by atoms with E-state index in [1.165, 1.54) is 12.3 Å². The molecule has 0 saturated heterocycles. The van der Waals surface area contributed by atoms with Crippen LogP contribution in [0.4, 0.5) is 0 Å². The molecule has 1 heterocycles. The summed E-state index contributed by atoms with van der Waals surface area (Å²) in [7, 11) is -3.74. The number of carbonyl (C=O) groups is 1. The number of hydrogen-bond donors (Lipinski definition) is 3. The number of H-pyrrole nitrogens is 1. The molecule has 7 heteroatoms. The van der Waals surface area contributed by atoms with Crippen LogP contribution >= 0.6 is 0 Å². The lowest BCUT2D eigenvalue weighted by Gasteiger charge is -1.98. The molecular weight excluding hydrogens is 218 g/mol. The maximum atomic E-state index is 11.5. The summed E-state index contributed by atoms with van der Waals surface area (Å²) in [4.78, 5) is 14.0. The monoisotopic (exact) mass is 229 g/mol. The molecular formula is C8H11N3O3S. The second-order valence-electron chi connectivity index (χ2n) is 3.54. The van der Waals surface area contributed by atoms with E-state index in [4.69, 9.17) is 5.14 Å². The number of primary sulfonamides is 1. The highest BCUT2D eigenvalue weighted by atomic mass is 32.2. The fourth-order valence-electron chi connectivity index (χ4n) is 1.16. The van der Waals surface area contributed by atoms with Crippen LogP contribution in [0, 0.1) is 0 Å². The smallest absolute Gasteiger partial charge is 0.267 e. The van der Waals surface area contributed by atoms with Gasteiger partial charge in [0, 0.05) is 12.2 Å². The number of rotatable bonds is 3. The number of nitrogens with one attached hydrogen (secondary N) is 2. The van der Waals surface area contributed by atoms with Gasteiger partial charge in [-0.25, -0.2) is 13.6 Å². The van der Waals surface area contributed by atoms with Gasteiger partial charge >= 0.3 is 0 Å². The van der Waals surface area contributed by atoms with Gasteiger partial charge in [-0.15, -0.1) is 0 Å². The van der Waals surface area contributed by atoms with E-state index in [1.807, 2.05) is 0 Å². The number of aromatic nitrogens is 1. The van der Waals surface area contributed by atoms with E-state index < -0.39 is 10.0 Å². The molecule has 4 N–H and O–H groups in total.